The number of aliphatic carboxylic acids is 1. The number of hydrogen-bond acceptors (Lipinski definition) is 3. The highest BCUT2D eigenvalue weighted by atomic mass is 16.4. The van der Waals surface area contributed by atoms with Crippen molar-refractivity contribution in [3.8, 4) is 0 Å². The highest BCUT2D eigenvalue weighted by Gasteiger charge is 2.39. The van der Waals surface area contributed by atoms with Crippen LogP contribution in [0, 0.1) is 11.8 Å². The summed E-state index contributed by atoms with van der Waals surface area (Å²) >= 11 is 0. The van der Waals surface area contributed by atoms with Gasteiger partial charge in [0.2, 0.25) is 0 Å². The molecule has 14 heavy (non-hydrogen) atoms. The summed E-state index contributed by atoms with van der Waals surface area (Å²) in [4.78, 5) is 13.1. The molecule has 2 aliphatic rings. The molecule has 2 saturated heterocycles. The van der Waals surface area contributed by atoms with Crippen LogP contribution in [0.25, 0.3) is 0 Å². The quantitative estimate of drug-likeness (QED) is 0.670. The number of fused-ring (bicyclic) bond motifs is 1. The molecular weight excluding hydrogens is 180 g/mol. The maximum Gasteiger partial charge on any atom is 0.320 e. The number of carboxylic acids is 1. The summed E-state index contributed by atoms with van der Waals surface area (Å²) < 4.78 is 0. The Morgan fingerprint density at radius 1 is 1.50 bits per heavy atom. The first-order valence-corrected chi connectivity index (χ1v) is 5.40. The number of carboxylic acid groups (broad SMARTS) is 1. The van der Waals surface area contributed by atoms with Gasteiger partial charge in [-0.15, -0.1) is 0 Å². The molecule has 2 fully saturated rings. The summed E-state index contributed by atoms with van der Waals surface area (Å²) in [6.07, 6.45) is 0.711. The van der Waals surface area contributed by atoms with Crippen molar-refractivity contribution in [2.45, 2.75) is 19.4 Å². The Bertz CT molecular complexity index is 220. The van der Waals surface area contributed by atoms with Crippen LogP contribution in [-0.4, -0.2) is 48.2 Å². The van der Waals surface area contributed by atoms with E-state index >= 15 is 0 Å². The van der Waals surface area contributed by atoms with E-state index in [1.54, 1.807) is 0 Å². The van der Waals surface area contributed by atoms with E-state index in [1.807, 2.05) is 6.92 Å². The Morgan fingerprint density at radius 3 is 2.50 bits per heavy atom. The molecule has 2 N–H and O–H groups in total. The van der Waals surface area contributed by atoms with Crippen molar-refractivity contribution in [3.05, 3.63) is 0 Å². The normalized spacial score (nSPS) is 34.4. The Labute approximate surface area is 84.3 Å². The predicted octanol–water partition coefficient (Wildman–Crippen LogP) is 0.000800. The van der Waals surface area contributed by atoms with Crippen molar-refractivity contribution in [3.63, 3.8) is 0 Å². The van der Waals surface area contributed by atoms with Gasteiger partial charge in [-0.3, -0.25) is 9.69 Å². The highest BCUT2D eigenvalue weighted by molar-refractivity contribution is 5.73. The van der Waals surface area contributed by atoms with Crippen LogP contribution in [0.2, 0.25) is 0 Å². The third-order valence-corrected chi connectivity index (χ3v) is 3.53. The molecule has 0 aromatic heterocycles. The monoisotopic (exact) mass is 198 g/mol. The van der Waals surface area contributed by atoms with Gasteiger partial charge in [0.25, 0.3) is 0 Å². The number of rotatable bonds is 3. The summed E-state index contributed by atoms with van der Waals surface area (Å²) in [5, 5.41) is 12.4. The van der Waals surface area contributed by atoms with Crippen LogP contribution in [0.4, 0.5) is 0 Å². The van der Waals surface area contributed by atoms with Crippen LogP contribution in [-0.2, 0) is 4.79 Å². The number of hydrogen-bond donors (Lipinski definition) is 2. The van der Waals surface area contributed by atoms with Crippen LogP contribution in [0.3, 0.4) is 0 Å². The van der Waals surface area contributed by atoms with Gasteiger partial charge in [0.15, 0.2) is 0 Å². The Morgan fingerprint density at radius 2 is 2.07 bits per heavy atom. The zero-order chi connectivity index (χ0) is 10.1. The molecule has 4 nitrogen and oxygen atoms in total. The molecule has 4 heteroatoms. The van der Waals surface area contributed by atoms with Crippen molar-refractivity contribution < 1.29 is 9.90 Å². The van der Waals surface area contributed by atoms with E-state index in [2.05, 4.69) is 10.2 Å². The summed E-state index contributed by atoms with van der Waals surface area (Å²) in [6.45, 7) is 6.00. The molecule has 3 atom stereocenters. The highest BCUT2D eigenvalue weighted by Crippen LogP contribution is 2.28. The van der Waals surface area contributed by atoms with E-state index in [-0.39, 0.29) is 6.04 Å². The molecule has 80 valence electrons. The first-order valence-electron chi connectivity index (χ1n) is 5.40. The van der Waals surface area contributed by atoms with Crippen molar-refractivity contribution in [1.82, 2.24) is 10.2 Å². The average Bonchev–Trinajstić information content (AvgIpc) is 2.63. The molecule has 0 aromatic carbocycles. The molecule has 3 unspecified atom stereocenters. The second-order valence-electron chi connectivity index (χ2n) is 4.39. The maximum absolute atomic E-state index is 11.0. The lowest BCUT2D eigenvalue weighted by molar-refractivity contribution is -0.143. The van der Waals surface area contributed by atoms with Crippen LogP contribution in [0.1, 0.15) is 13.3 Å². The summed E-state index contributed by atoms with van der Waals surface area (Å²) in [6, 6.07) is -0.263. The lowest BCUT2D eigenvalue weighted by Gasteiger charge is -2.23. The van der Waals surface area contributed by atoms with Gasteiger partial charge < -0.3 is 10.4 Å². The summed E-state index contributed by atoms with van der Waals surface area (Å²) in [5.74, 6) is 0.701. The third-order valence-electron chi connectivity index (χ3n) is 3.53. The zero-order valence-electron chi connectivity index (χ0n) is 8.57. The van der Waals surface area contributed by atoms with E-state index in [0.717, 1.165) is 26.2 Å². The average molecular weight is 198 g/mol. The topological polar surface area (TPSA) is 52.6 Å². The van der Waals surface area contributed by atoms with Crippen LogP contribution in [0.15, 0.2) is 0 Å². The van der Waals surface area contributed by atoms with Crippen molar-refractivity contribution in [2.24, 2.45) is 11.8 Å². The molecule has 2 rings (SSSR count). The number of nitrogens with zero attached hydrogens (tertiary/aromatic N) is 1. The second-order valence-corrected chi connectivity index (χ2v) is 4.39. The molecule has 0 aliphatic carbocycles. The van der Waals surface area contributed by atoms with Crippen molar-refractivity contribution >= 4 is 5.97 Å². The minimum atomic E-state index is -0.666. The first-order chi connectivity index (χ1) is 6.72. The van der Waals surface area contributed by atoms with Gasteiger partial charge in [0, 0.05) is 13.1 Å². The van der Waals surface area contributed by atoms with E-state index in [0.29, 0.717) is 18.3 Å². The fourth-order valence-corrected chi connectivity index (χ4v) is 2.74. The molecule has 2 heterocycles. The second kappa shape index (κ2) is 3.87. The SMILES string of the molecule is CCC(C(=O)O)N1CC2CNCC2C1. The summed E-state index contributed by atoms with van der Waals surface area (Å²) in [7, 11) is 0. The minimum absolute atomic E-state index is 0.263. The lowest BCUT2D eigenvalue weighted by Crippen LogP contribution is -2.40. The minimum Gasteiger partial charge on any atom is -0.480 e. The molecule has 2 aliphatic heterocycles. The van der Waals surface area contributed by atoms with Crippen LogP contribution in [0.5, 0.6) is 0 Å². The van der Waals surface area contributed by atoms with Gasteiger partial charge in [-0.2, -0.15) is 0 Å². The van der Waals surface area contributed by atoms with E-state index in [1.165, 1.54) is 0 Å². The van der Waals surface area contributed by atoms with Gasteiger partial charge in [-0.25, -0.2) is 0 Å². The molecule has 0 spiro atoms. The smallest absolute Gasteiger partial charge is 0.320 e. The maximum atomic E-state index is 11.0. The van der Waals surface area contributed by atoms with Crippen LogP contribution < -0.4 is 5.32 Å². The lowest BCUT2D eigenvalue weighted by atomic mass is 10.0. The van der Waals surface area contributed by atoms with Gasteiger partial charge in [0.05, 0.1) is 0 Å². The fraction of sp³-hybridized carbons (Fsp3) is 0.900. The van der Waals surface area contributed by atoms with E-state index in [9.17, 15) is 4.79 Å². The molecule has 0 bridgehead atoms. The van der Waals surface area contributed by atoms with Crippen molar-refractivity contribution in [2.75, 3.05) is 26.2 Å². The number of nitrogens with one attached hydrogen (secondary N) is 1. The van der Waals surface area contributed by atoms with Gasteiger partial charge in [-0.05, 0) is 31.3 Å². The Hall–Kier alpha value is -0.610. The van der Waals surface area contributed by atoms with E-state index < -0.39 is 5.97 Å². The molecular formula is C10H18N2O2. The van der Waals surface area contributed by atoms with Gasteiger partial charge in [-0.1, -0.05) is 6.92 Å². The molecule has 0 radical (unpaired) electrons. The first kappa shape index (κ1) is 9.93. The van der Waals surface area contributed by atoms with Crippen molar-refractivity contribution in [1.29, 1.82) is 0 Å². The Kier molecular flexibility index (Phi) is 2.74. The molecule has 0 amide bonds. The Balaban J connectivity index is 1.97. The van der Waals surface area contributed by atoms with Crippen LogP contribution >= 0.6 is 0 Å². The number of likely N-dealkylation sites (tertiary alicyclic amines) is 1. The third kappa shape index (κ3) is 1.64. The van der Waals surface area contributed by atoms with E-state index in [4.69, 9.17) is 5.11 Å². The zero-order valence-corrected chi connectivity index (χ0v) is 8.57. The fourth-order valence-electron chi connectivity index (χ4n) is 2.74. The molecule has 0 saturated carbocycles. The predicted molar refractivity (Wildman–Crippen MR) is 53.1 cm³/mol. The van der Waals surface area contributed by atoms with Gasteiger partial charge in [0.1, 0.15) is 6.04 Å². The standard InChI is InChI=1S/C10H18N2O2/c1-2-9(10(13)14)12-5-7-3-11-4-8(7)6-12/h7-9,11H,2-6H2,1H3,(H,13,14). The largest absolute Gasteiger partial charge is 0.480 e. The molecule has 0 aromatic rings. The number of carbonyl (C=O) groups is 1. The summed E-state index contributed by atoms with van der Waals surface area (Å²) in [5.41, 5.74) is 0. The van der Waals surface area contributed by atoms with Gasteiger partial charge >= 0.3 is 5.97 Å².